The number of hydrogen-bond acceptors (Lipinski definition) is 4. The molecule has 0 saturated heterocycles. The zero-order valence-electron chi connectivity index (χ0n) is 9.23. The molecule has 0 atom stereocenters. The first kappa shape index (κ1) is 11.7. The van der Waals surface area contributed by atoms with Crippen LogP contribution in [0.5, 0.6) is 0 Å². The molecule has 3 N–H and O–H groups in total. The Hall–Kier alpha value is -0.810. The molecule has 1 aliphatic carbocycles. The van der Waals surface area contributed by atoms with Crippen LogP contribution in [-0.4, -0.2) is 29.8 Å². The third-order valence-electron chi connectivity index (χ3n) is 2.97. The van der Waals surface area contributed by atoms with Crippen molar-refractivity contribution in [3.63, 3.8) is 0 Å². The van der Waals surface area contributed by atoms with Crippen molar-refractivity contribution in [3.8, 4) is 0 Å². The lowest BCUT2D eigenvalue weighted by Gasteiger charge is -2.35. The molecular formula is C11H16BrN3O. The van der Waals surface area contributed by atoms with Gasteiger partial charge in [0.05, 0.1) is 11.8 Å². The maximum atomic E-state index is 9.23. The topological polar surface area (TPSA) is 62.4 Å². The molecule has 0 unspecified atom stereocenters. The summed E-state index contributed by atoms with van der Waals surface area (Å²) in [6.07, 6.45) is 3.42. The molecule has 16 heavy (non-hydrogen) atoms. The Morgan fingerprint density at radius 1 is 1.62 bits per heavy atom. The third-order valence-corrected chi connectivity index (χ3v) is 3.40. The quantitative estimate of drug-likeness (QED) is 0.886. The van der Waals surface area contributed by atoms with E-state index in [1.54, 1.807) is 6.20 Å². The first-order valence-corrected chi connectivity index (χ1v) is 6.15. The summed E-state index contributed by atoms with van der Waals surface area (Å²) in [7, 11) is 1.98. The number of anilines is 2. The SMILES string of the molecule is CN(CC1CC(O)C1)c1ncc(Br)cc1N. The van der Waals surface area contributed by atoms with Crippen LogP contribution in [0.2, 0.25) is 0 Å². The van der Waals surface area contributed by atoms with Crippen molar-refractivity contribution in [3.05, 3.63) is 16.7 Å². The van der Waals surface area contributed by atoms with Crippen molar-refractivity contribution in [1.29, 1.82) is 0 Å². The van der Waals surface area contributed by atoms with Gasteiger partial charge >= 0.3 is 0 Å². The van der Waals surface area contributed by atoms with Crippen LogP contribution in [0.3, 0.4) is 0 Å². The van der Waals surface area contributed by atoms with Gasteiger partial charge in [-0.15, -0.1) is 0 Å². The molecule has 5 heteroatoms. The average molecular weight is 286 g/mol. The molecule has 1 saturated carbocycles. The maximum Gasteiger partial charge on any atom is 0.151 e. The largest absolute Gasteiger partial charge is 0.396 e. The van der Waals surface area contributed by atoms with Gasteiger partial charge < -0.3 is 15.7 Å². The second kappa shape index (κ2) is 4.59. The van der Waals surface area contributed by atoms with Crippen LogP contribution < -0.4 is 10.6 Å². The minimum absolute atomic E-state index is 0.103. The van der Waals surface area contributed by atoms with Gasteiger partial charge in [0.15, 0.2) is 5.82 Å². The number of aliphatic hydroxyl groups is 1. The standard InChI is InChI=1S/C11H16BrN3O/c1-15(6-7-2-9(16)3-7)11-10(13)4-8(12)5-14-11/h4-5,7,9,16H,2-3,6,13H2,1H3. The zero-order chi connectivity index (χ0) is 11.7. The van der Waals surface area contributed by atoms with Gasteiger partial charge in [-0.3, -0.25) is 0 Å². The lowest BCUT2D eigenvalue weighted by Crippen LogP contribution is -2.37. The number of hydrogen-bond donors (Lipinski definition) is 2. The summed E-state index contributed by atoms with van der Waals surface area (Å²) in [4.78, 5) is 6.35. The van der Waals surface area contributed by atoms with Crippen molar-refractivity contribution in [2.24, 2.45) is 5.92 Å². The fraction of sp³-hybridized carbons (Fsp3) is 0.545. The Balaban J connectivity index is 2.00. The van der Waals surface area contributed by atoms with E-state index in [0.29, 0.717) is 11.6 Å². The number of aliphatic hydroxyl groups excluding tert-OH is 1. The summed E-state index contributed by atoms with van der Waals surface area (Å²) >= 11 is 3.33. The Morgan fingerprint density at radius 3 is 2.88 bits per heavy atom. The molecule has 0 amide bonds. The fourth-order valence-corrected chi connectivity index (χ4v) is 2.44. The number of aromatic nitrogens is 1. The number of nitrogens with two attached hydrogens (primary N) is 1. The average Bonchev–Trinajstić information content (AvgIpc) is 2.15. The summed E-state index contributed by atoms with van der Waals surface area (Å²) < 4.78 is 0.890. The van der Waals surface area contributed by atoms with Crippen LogP contribution in [0.4, 0.5) is 11.5 Å². The highest BCUT2D eigenvalue weighted by atomic mass is 79.9. The van der Waals surface area contributed by atoms with Crippen LogP contribution in [0.1, 0.15) is 12.8 Å². The zero-order valence-corrected chi connectivity index (χ0v) is 10.8. The molecule has 4 nitrogen and oxygen atoms in total. The van der Waals surface area contributed by atoms with E-state index in [0.717, 1.165) is 29.7 Å². The van der Waals surface area contributed by atoms with E-state index in [-0.39, 0.29) is 6.10 Å². The minimum atomic E-state index is -0.103. The summed E-state index contributed by atoms with van der Waals surface area (Å²) in [5.74, 6) is 1.37. The second-order valence-electron chi connectivity index (χ2n) is 4.44. The monoisotopic (exact) mass is 285 g/mol. The fourth-order valence-electron chi connectivity index (χ4n) is 2.09. The van der Waals surface area contributed by atoms with Gasteiger partial charge in [0.2, 0.25) is 0 Å². The number of nitrogens with zero attached hydrogens (tertiary/aromatic N) is 2. The van der Waals surface area contributed by atoms with Gasteiger partial charge in [-0.1, -0.05) is 0 Å². The molecule has 1 heterocycles. The van der Waals surface area contributed by atoms with Gasteiger partial charge in [-0.25, -0.2) is 4.98 Å². The van der Waals surface area contributed by atoms with Gasteiger partial charge in [-0.2, -0.15) is 0 Å². The summed E-state index contributed by atoms with van der Waals surface area (Å²) in [5.41, 5.74) is 6.58. The van der Waals surface area contributed by atoms with E-state index < -0.39 is 0 Å². The molecule has 1 aromatic rings. The number of nitrogen functional groups attached to an aromatic ring is 1. The van der Waals surface area contributed by atoms with E-state index >= 15 is 0 Å². The summed E-state index contributed by atoms with van der Waals surface area (Å²) in [6, 6.07) is 1.86. The number of pyridine rings is 1. The minimum Gasteiger partial charge on any atom is -0.396 e. The normalized spacial score (nSPS) is 23.9. The first-order valence-electron chi connectivity index (χ1n) is 5.36. The van der Waals surface area contributed by atoms with Crippen molar-refractivity contribution >= 4 is 27.4 Å². The summed E-state index contributed by atoms with van der Waals surface area (Å²) in [5, 5.41) is 9.23. The van der Waals surface area contributed by atoms with Crippen molar-refractivity contribution in [2.75, 3.05) is 24.2 Å². The molecule has 0 aromatic carbocycles. The van der Waals surface area contributed by atoms with Gasteiger partial charge in [0.1, 0.15) is 0 Å². The van der Waals surface area contributed by atoms with Crippen LogP contribution in [0, 0.1) is 5.92 Å². The van der Waals surface area contributed by atoms with E-state index in [1.807, 2.05) is 13.1 Å². The van der Waals surface area contributed by atoms with Gasteiger partial charge in [0, 0.05) is 24.3 Å². The molecule has 2 rings (SSSR count). The number of halogens is 1. The van der Waals surface area contributed by atoms with Crippen LogP contribution in [-0.2, 0) is 0 Å². The predicted octanol–water partition coefficient (Wildman–Crippen LogP) is 1.63. The van der Waals surface area contributed by atoms with Crippen LogP contribution in [0.25, 0.3) is 0 Å². The molecule has 0 bridgehead atoms. The van der Waals surface area contributed by atoms with E-state index in [4.69, 9.17) is 5.73 Å². The van der Waals surface area contributed by atoms with E-state index in [9.17, 15) is 5.11 Å². The molecule has 88 valence electrons. The maximum absolute atomic E-state index is 9.23. The van der Waals surface area contributed by atoms with Crippen LogP contribution in [0.15, 0.2) is 16.7 Å². The molecule has 0 radical (unpaired) electrons. The van der Waals surface area contributed by atoms with Crippen LogP contribution >= 0.6 is 15.9 Å². The smallest absolute Gasteiger partial charge is 0.151 e. The van der Waals surface area contributed by atoms with E-state index in [1.165, 1.54) is 0 Å². The second-order valence-corrected chi connectivity index (χ2v) is 5.35. The van der Waals surface area contributed by atoms with Gasteiger partial charge in [0.25, 0.3) is 0 Å². The first-order chi connectivity index (χ1) is 7.56. The molecule has 0 spiro atoms. The van der Waals surface area contributed by atoms with E-state index in [2.05, 4.69) is 25.8 Å². The Labute approximate surface area is 104 Å². The highest BCUT2D eigenvalue weighted by Crippen LogP contribution is 2.30. The Morgan fingerprint density at radius 2 is 2.31 bits per heavy atom. The van der Waals surface area contributed by atoms with Crippen molar-refractivity contribution in [2.45, 2.75) is 18.9 Å². The highest BCUT2D eigenvalue weighted by Gasteiger charge is 2.28. The predicted molar refractivity (Wildman–Crippen MR) is 68.4 cm³/mol. The third kappa shape index (κ3) is 2.47. The summed E-state index contributed by atoms with van der Waals surface area (Å²) in [6.45, 7) is 0.899. The molecular weight excluding hydrogens is 270 g/mol. The van der Waals surface area contributed by atoms with Crippen molar-refractivity contribution in [1.82, 2.24) is 4.98 Å². The van der Waals surface area contributed by atoms with Gasteiger partial charge in [-0.05, 0) is 40.8 Å². The number of rotatable bonds is 3. The molecule has 1 aliphatic rings. The molecule has 1 aromatic heterocycles. The lowest BCUT2D eigenvalue weighted by molar-refractivity contribution is 0.0464. The van der Waals surface area contributed by atoms with Crippen molar-refractivity contribution < 1.29 is 5.11 Å². The Kier molecular flexibility index (Phi) is 3.35. The Bertz CT molecular complexity index is 379. The molecule has 0 aliphatic heterocycles. The highest BCUT2D eigenvalue weighted by molar-refractivity contribution is 9.10. The lowest BCUT2D eigenvalue weighted by atomic mass is 9.82. The molecule has 1 fully saturated rings.